The van der Waals surface area contributed by atoms with E-state index in [1.807, 2.05) is 26.1 Å². The number of rotatable bonds is 6. The first kappa shape index (κ1) is 14.7. The first-order valence-electron chi connectivity index (χ1n) is 7.15. The fourth-order valence-electron chi connectivity index (χ4n) is 2.49. The summed E-state index contributed by atoms with van der Waals surface area (Å²) >= 11 is 0. The highest BCUT2D eigenvalue weighted by molar-refractivity contribution is 5.27. The van der Waals surface area contributed by atoms with Crippen molar-refractivity contribution in [2.24, 2.45) is 0 Å². The van der Waals surface area contributed by atoms with Crippen molar-refractivity contribution in [1.29, 1.82) is 0 Å². The first-order chi connectivity index (χ1) is 9.69. The number of halogens is 1. The van der Waals surface area contributed by atoms with Gasteiger partial charge in [-0.05, 0) is 62.1 Å². The third kappa shape index (κ3) is 4.17. The number of aryl methyl sites for hydroxylation is 2. The van der Waals surface area contributed by atoms with Gasteiger partial charge in [0.2, 0.25) is 0 Å². The molecular weight excluding hydrogens is 249 g/mol. The van der Waals surface area contributed by atoms with Gasteiger partial charge in [0.1, 0.15) is 5.82 Å². The summed E-state index contributed by atoms with van der Waals surface area (Å²) in [6.45, 7) is 1.97. The maximum atomic E-state index is 13.1. The lowest BCUT2D eigenvalue weighted by molar-refractivity contribution is 0.518. The van der Waals surface area contributed by atoms with Crippen LogP contribution in [0.2, 0.25) is 0 Å². The molecule has 20 heavy (non-hydrogen) atoms. The molecule has 0 saturated heterocycles. The summed E-state index contributed by atoms with van der Waals surface area (Å²) in [6.07, 6.45) is 3.08. The van der Waals surface area contributed by atoms with Crippen LogP contribution < -0.4 is 5.32 Å². The molecule has 1 N–H and O–H groups in total. The van der Waals surface area contributed by atoms with Crippen molar-refractivity contribution in [1.82, 2.24) is 5.32 Å². The van der Waals surface area contributed by atoms with Crippen LogP contribution in [-0.4, -0.2) is 13.1 Å². The highest BCUT2D eigenvalue weighted by Gasteiger charge is 2.09. The minimum atomic E-state index is -0.156. The van der Waals surface area contributed by atoms with Crippen molar-refractivity contribution in [3.63, 3.8) is 0 Å². The Morgan fingerprint density at radius 3 is 2.50 bits per heavy atom. The number of hydrogen-bond acceptors (Lipinski definition) is 1. The predicted octanol–water partition coefficient (Wildman–Crippen LogP) is 3.90. The Balaban J connectivity index is 1.95. The second kappa shape index (κ2) is 7.20. The number of hydrogen-bond donors (Lipinski definition) is 1. The van der Waals surface area contributed by atoms with Crippen LogP contribution >= 0.6 is 0 Å². The Hall–Kier alpha value is -1.67. The van der Waals surface area contributed by atoms with Crippen molar-refractivity contribution in [3.8, 4) is 0 Å². The molecule has 1 atom stereocenters. The van der Waals surface area contributed by atoms with Gasteiger partial charge in [0.25, 0.3) is 0 Å². The normalized spacial score (nSPS) is 12.3. The third-order valence-electron chi connectivity index (χ3n) is 3.80. The van der Waals surface area contributed by atoms with E-state index in [-0.39, 0.29) is 5.82 Å². The van der Waals surface area contributed by atoms with E-state index in [9.17, 15) is 4.39 Å². The van der Waals surface area contributed by atoms with Gasteiger partial charge in [-0.1, -0.05) is 36.4 Å². The van der Waals surface area contributed by atoms with Gasteiger partial charge in [0, 0.05) is 6.04 Å². The molecule has 0 radical (unpaired) electrons. The average Bonchev–Trinajstić information content (AvgIpc) is 2.46. The van der Waals surface area contributed by atoms with Crippen LogP contribution in [0.3, 0.4) is 0 Å². The molecule has 2 heteroatoms. The molecule has 0 aliphatic carbocycles. The molecule has 0 aliphatic heterocycles. The van der Waals surface area contributed by atoms with Crippen molar-refractivity contribution >= 4 is 0 Å². The first-order valence-corrected chi connectivity index (χ1v) is 7.15. The summed E-state index contributed by atoms with van der Waals surface area (Å²) in [6, 6.07) is 16.0. The smallest absolute Gasteiger partial charge is 0.123 e. The molecular formula is C18H22FN. The third-order valence-corrected chi connectivity index (χ3v) is 3.80. The van der Waals surface area contributed by atoms with Crippen LogP contribution in [0.15, 0.2) is 48.5 Å². The predicted molar refractivity (Wildman–Crippen MR) is 82.5 cm³/mol. The van der Waals surface area contributed by atoms with Gasteiger partial charge in [-0.15, -0.1) is 0 Å². The molecule has 1 unspecified atom stereocenters. The summed E-state index contributed by atoms with van der Waals surface area (Å²) in [5.74, 6) is -0.156. The molecule has 2 rings (SSSR count). The number of nitrogens with one attached hydrogen (secondary N) is 1. The van der Waals surface area contributed by atoms with Crippen LogP contribution in [-0.2, 0) is 12.8 Å². The molecule has 0 aromatic heterocycles. The molecule has 0 amide bonds. The van der Waals surface area contributed by atoms with Gasteiger partial charge >= 0.3 is 0 Å². The lowest BCUT2D eigenvalue weighted by atomic mass is 9.96. The van der Waals surface area contributed by atoms with E-state index in [1.54, 1.807) is 12.1 Å². The second-order valence-electron chi connectivity index (χ2n) is 5.28. The monoisotopic (exact) mass is 271 g/mol. The Morgan fingerprint density at radius 2 is 1.85 bits per heavy atom. The van der Waals surface area contributed by atoms with E-state index in [2.05, 4.69) is 29.6 Å². The highest BCUT2D eigenvalue weighted by Crippen LogP contribution is 2.15. The lowest BCUT2D eigenvalue weighted by Crippen LogP contribution is -2.28. The van der Waals surface area contributed by atoms with Crippen LogP contribution in [0, 0.1) is 12.7 Å². The minimum Gasteiger partial charge on any atom is -0.317 e. The molecule has 2 aromatic carbocycles. The van der Waals surface area contributed by atoms with Gasteiger partial charge < -0.3 is 5.32 Å². The van der Waals surface area contributed by atoms with Gasteiger partial charge in [0.15, 0.2) is 0 Å². The van der Waals surface area contributed by atoms with Crippen molar-refractivity contribution in [2.75, 3.05) is 7.05 Å². The zero-order valence-corrected chi connectivity index (χ0v) is 12.2. The highest BCUT2D eigenvalue weighted by atomic mass is 19.1. The van der Waals surface area contributed by atoms with Crippen LogP contribution in [0.5, 0.6) is 0 Å². The van der Waals surface area contributed by atoms with E-state index in [1.165, 1.54) is 11.1 Å². The Bertz CT molecular complexity index is 536. The summed E-state index contributed by atoms with van der Waals surface area (Å²) in [5.41, 5.74) is 3.62. The molecule has 106 valence electrons. The van der Waals surface area contributed by atoms with E-state index >= 15 is 0 Å². The molecule has 0 bridgehead atoms. The van der Waals surface area contributed by atoms with Crippen molar-refractivity contribution in [2.45, 2.75) is 32.2 Å². The molecule has 0 spiro atoms. The fraction of sp³-hybridized carbons (Fsp3) is 0.333. The van der Waals surface area contributed by atoms with Gasteiger partial charge in [-0.25, -0.2) is 4.39 Å². The summed E-state index contributed by atoms with van der Waals surface area (Å²) in [4.78, 5) is 0. The number of benzene rings is 2. The Labute approximate surface area is 120 Å². The van der Waals surface area contributed by atoms with E-state index in [0.29, 0.717) is 6.04 Å². The second-order valence-corrected chi connectivity index (χ2v) is 5.28. The van der Waals surface area contributed by atoms with E-state index < -0.39 is 0 Å². The van der Waals surface area contributed by atoms with Crippen LogP contribution in [0.1, 0.15) is 23.1 Å². The van der Waals surface area contributed by atoms with Gasteiger partial charge in [0.05, 0.1) is 0 Å². The summed E-state index contributed by atoms with van der Waals surface area (Å²) in [5, 5.41) is 3.37. The summed E-state index contributed by atoms with van der Waals surface area (Å²) < 4.78 is 13.1. The number of likely N-dealkylation sites (N-methyl/N-ethyl adjacent to an activating group) is 1. The van der Waals surface area contributed by atoms with Crippen LogP contribution in [0.4, 0.5) is 4.39 Å². The summed E-state index contributed by atoms with van der Waals surface area (Å²) in [7, 11) is 1.99. The molecule has 0 fully saturated rings. The molecule has 1 nitrogen and oxygen atoms in total. The standard InChI is InChI=1S/C18H22FN/c1-14-12-17(19)10-9-16(14)13-18(20-2)11-8-15-6-4-3-5-7-15/h3-7,9-10,12,18,20H,8,11,13H2,1-2H3. The minimum absolute atomic E-state index is 0.156. The van der Waals surface area contributed by atoms with Gasteiger partial charge in [-0.2, -0.15) is 0 Å². The molecule has 2 aromatic rings. The maximum Gasteiger partial charge on any atom is 0.123 e. The molecule has 0 heterocycles. The largest absolute Gasteiger partial charge is 0.317 e. The zero-order valence-electron chi connectivity index (χ0n) is 12.2. The average molecular weight is 271 g/mol. The lowest BCUT2D eigenvalue weighted by Gasteiger charge is -2.17. The Morgan fingerprint density at radius 1 is 1.10 bits per heavy atom. The Kier molecular flexibility index (Phi) is 5.31. The van der Waals surface area contributed by atoms with E-state index in [0.717, 1.165) is 24.8 Å². The van der Waals surface area contributed by atoms with Crippen molar-refractivity contribution < 1.29 is 4.39 Å². The quantitative estimate of drug-likeness (QED) is 0.840. The molecule has 0 aliphatic rings. The van der Waals surface area contributed by atoms with Crippen molar-refractivity contribution in [3.05, 3.63) is 71.0 Å². The topological polar surface area (TPSA) is 12.0 Å². The fourth-order valence-corrected chi connectivity index (χ4v) is 2.49. The SMILES string of the molecule is CNC(CCc1ccccc1)Cc1ccc(F)cc1C. The van der Waals surface area contributed by atoms with Gasteiger partial charge in [-0.3, -0.25) is 0 Å². The zero-order chi connectivity index (χ0) is 14.4. The van der Waals surface area contributed by atoms with Crippen LogP contribution in [0.25, 0.3) is 0 Å². The maximum absolute atomic E-state index is 13.1. The van der Waals surface area contributed by atoms with E-state index in [4.69, 9.17) is 0 Å². The molecule has 0 saturated carbocycles.